The highest BCUT2D eigenvalue weighted by atomic mass is 35.5. The Morgan fingerprint density at radius 3 is 2.88 bits per heavy atom. The van der Waals surface area contributed by atoms with Gasteiger partial charge >= 0.3 is 0 Å². The Morgan fingerprint density at radius 1 is 1.38 bits per heavy atom. The van der Waals surface area contributed by atoms with E-state index in [2.05, 4.69) is 10.3 Å². The van der Waals surface area contributed by atoms with Crippen LogP contribution in [0.1, 0.15) is 40.0 Å². The fourth-order valence-electron chi connectivity index (χ4n) is 3.03. The first-order chi connectivity index (χ1) is 12.4. The number of carbonyl (C=O) groups is 2. The molecule has 1 aliphatic carbocycles. The van der Waals surface area contributed by atoms with Crippen LogP contribution in [-0.2, 0) is 23.6 Å². The minimum absolute atomic E-state index is 0.0167. The van der Waals surface area contributed by atoms with E-state index < -0.39 is 11.6 Å². The van der Waals surface area contributed by atoms with Gasteiger partial charge < -0.3 is 10.4 Å². The number of aliphatic hydroxyl groups excluding tert-OH is 1. The highest BCUT2D eigenvalue weighted by molar-refractivity contribution is 6.35. The van der Waals surface area contributed by atoms with Crippen molar-refractivity contribution in [2.45, 2.75) is 31.7 Å². The number of fused-ring (bicyclic) bond motifs is 1. The van der Waals surface area contributed by atoms with Crippen molar-refractivity contribution in [2.24, 2.45) is 0 Å². The molecule has 1 aromatic heterocycles. The number of alkyl halides is 1. The topological polar surface area (TPSA) is 79.3 Å². The molecule has 5 nitrogen and oxygen atoms in total. The zero-order valence-electron chi connectivity index (χ0n) is 13.6. The summed E-state index contributed by atoms with van der Waals surface area (Å²) in [5.74, 6) is -1.17. The SMILES string of the molecule is O=C1CC[C@@](F)(C(=O)NCc2c(Cl)cc(Cl)cc2CO)c2cccnc21. The first-order valence-electron chi connectivity index (χ1n) is 7.90. The smallest absolute Gasteiger partial charge is 0.262 e. The molecule has 1 aliphatic rings. The number of hydrogen-bond acceptors (Lipinski definition) is 4. The van der Waals surface area contributed by atoms with E-state index in [1.165, 1.54) is 30.5 Å². The number of benzene rings is 1. The van der Waals surface area contributed by atoms with Crippen LogP contribution in [0.25, 0.3) is 0 Å². The molecule has 1 amide bonds. The van der Waals surface area contributed by atoms with E-state index in [0.29, 0.717) is 16.1 Å². The van der Waals surface area contributed by atoms with Crippen molar-refractivity contribution in [1.82, 2.24) is 10.3 Å². The lowest BCUT2D eigenvalue weighted by atomic mass is 9.81. The summed E-state index contributed by atoms with van der Waals surface area (Å²) in [4.78, 5) is 28.4. The van der Waals surface area contributed by atoms with Gasteiger partial charge in [0.15, 0.2) is 5.78 Å². The molecule has 1 heterocycles. The van der Waals surface area contributed by atoms with E-state index in [9.17, 15) is 14.7 Å². The quantitative estimate of drug-likeness (QED) is 0.830. The highest BCUT2D eigenvalue weighted by Crippen LogP contribution is 2.38. The van der Waals surface area contributed by atoms with Crippen LogP contribution < -0.4 is 5.32 Å². The maximum atomic E-state index is 15.5. The molecule has 2 aromatic rings. The summed E-state index contributed by atoms with van der Waals surface area (Å²) >= 11 is 12.0. The van der Waals surface area contributed by atoms with E-state index in [1.54, 1.807) is 0 Å². The normalized spacial score (nSPS) is 19.2. The number of ketones is 1. The Morgan fingerprint density at radius 2 is 2.15 bits per heavy atom. The molecule has 0 radical (unpaired) electrons. The second kappa shape index (κ2) is 7.31. The van der Waals surface area contributed by atoms with E-state index in [4.69, 9.17) is 23.2 Å². The highest BCUT2D eigenvalue weighted by Gasteiger charge is 2.46. The first-order valence-corrected chi connectivity index (χ1v) is 8.66. The molecular weight excluding hydrogens is 382 g/mol. The number of nitrogens with one attached hydrogen (secondary N) is 1. The molecule has 0 unspecified atom stereocenters. The third kappa shape index (κ3) is 3.32. The largest absolute Gasteiger partial charge is 0.392 e. The van der Waals surface area contributed by atoms with Crippen LogP contribution >= 0.6 is 23.2 Å². The van der Waals surface area contributed by atoms with Gasteiger partial charge in [-0.25, -0.2) is 4.39 Å². The molecule has 1 atom stereocenters. The van der Waals surface area contributed by atoms with Crippen molar-refractivity contribution < 1.29 is 19.1 Å². The van der Waals surface area contributed by atoms with Crippen molar-refractivity contribution in [3.8, 4) is 0 Å². The number of aliphatic hydroxyl groups is 1. The summed E-state index contributed by atoms with van der Waals surface area (Å²) in [6.07, 6.45) is 1.04. The van der Waals surface area contributed by atoms with Crippen LogP contribution in [0.4, 0.5) is 4.39 Å². The van der Waals surface area contributed by atoms with Gasteiger partial charge in [-0.2, -0.15) is 0 Å². The second-order valence-electron chi connectivity index (χ2n) is 5.99. The fraction of sp³-hybridized carbons (Fsp3) is 0.278. The van der Waals surface area contributed by atoms with E-state index in [1.807, 2.05) is 0 Å². The summed E-state index contributed by atoms with van der Waals surface area (Å²) in [5.41, 5.74) is -1.50. The zero-order valence-corrected chi connectivity index (χ0v) is 15.1. The number of halogens is 3. The first kappa shape index (κ1) is 18.8. The van der Waals surface area contributed by atoms with Crippen molar-refractivity contribution in [1.29, 1.82) is 0 Å². The summed E-state index contributed by atoms with van der Waals surface area (Å²) in [6, 6.07) is 5.89. The van der Waals surface area contributed by atoms with Crippen LogP contribution in [0.5, 0.6) is 0 Å². The van der Waals surface area contributed by atoms with Crippen molar-refractivity contribution in [3.05, 3.63) is 62.9 Å². The maximum Gasteiger partial charge on any atom is 0.262 e. The minimum atomic E-state index is -2.35. The molecule has 3 rings (SSSR count). The number of nitrogens with zero attached hydrogens (tertiary/aromatic N) is 1. The van der Waals surface area contributed by atoms with Gasteiger partial charge in [0.1, 0.15) is 5.69 Å². The Kier molecular flexibility index (Phi) is 5.27. The van der Waals surface area contributed by atoms with Crippen LogP contribution in [-0.4, -0.2) is 21.8 Å². The minimum Gasteiger partial charge on any atom is -0.392 e. The average Bonchev–Trinajstić information content (AvgIpc) is 2.63. The van der Waals surface area contributed by atoms with Gasteiger partial charge in [0, 0.05) is 41.2 Å². The van der Waals surface area contributed by atoms with Gasteiger partial charge in [-0.15, -0.1) is 0 Å². The molecule has 0 spiro atoms. The van der Waals surface area contributed by atoms with Crippen molar-refractivity contribution in [3.63, 3.8) is 0 Å². The lowest BCUT2D eigenvalue weighted by Crippen LogP contribution is -2.44. The lowest BCUT2D eigenvalue weighted by molar-refractivity contribution is -0.134. The number of amides is 1. The van der Waals surface area contributed by atoms with Crippen LogP contribution in [0, 0.1) is 0 Å². The standard InChI is InChI=1S/C18H15Cl2FN2O3/c19-11-6-10(9-24)12(14(20)7-11)8-23-17(26)18(21)4-3-15(25)16-13(18)2-1-5-22-16/h1-2,5-7,24H,3-4,8-9H2,(H,23,26)/t18-/m0/s1. The Bertz CT molecular complexity index is 891. The number of pyridine rings is 1. The van der Waals surface area contributed by atoms with Crippen LogP contribution in [0.3, 0.4) is 0 Å². The molecule has 0 saturated heterocycles. The molecule has 2 N–H and O–H groups in total. The lowest BCUT2D eigenvalue weighted by Gasteiger charge is -2.29. The van der Waals surface area contributed by atoms with Crippen molar-refractivity contribution >= 4 is 34.9 Å². The molecule has 0 saturated carbocycles. The number of Topliss-reactive ketones (excluding diaryl/α,β-unsaturated/α-hetero) is 1. The monoisotopic (exact) mass is 396 g/mol. The van der Waals surface area contributed by atoms with E-state index >= 15 is 4.39 Å². The zero-order chi connectivity index (χ0) is 18.9. The van der Waals surface area contributed by atoms with Gasteiger partial charge in [0.05, 0.1) is 6.61 Å². The average molecular weight is 397 g/mol. The van der Waals surface area contributed by atoms with Gasteiger partial charge in [0.2, 0.25) is 5.67 Å². The summed E-state index contributed by atoms with van der Waals surface area (Å²) in [7, 11) is 0. The van der Waals surface area contributed by atoms with Gasteiger partial charge in [-0.3, -0.25) is 14.6 Å². The third-order valence-electron chi connectivity index (χ3n) is 4.40. The van der Waals surface area contributed by atoms with E-state index in [0.717, 1.165) is 0 Å². The molecule has 0 bridgehead atoms. The Labute approximate surface area is 159 Å². The van der Waals surface area contributed by atoms with Crippen LogP contribution in [0.15, 0.2) is 30.5 Å². The third-order valence-corrected chi connectivity index (χ3v) is 4.96. The molecular formula is C18H15Cl2FN2O3. The predicted molar refractivity (Wildman–Crippen MR) is 94.8 cm³/mol. The Balaban J connectivity index is 1.86. The fourth-order valence-corrected chi connectivity index (χ4v) is 3.63. The van der Waals surface area contributed by atoms with Crippen LogP contribution in [0.2, 0.25) is 10.0 Å². The predicted octanol–water partition coefficient (Wildman–Crippen LogP) is 3.34. The number of aromatic nitrogens is 1. The molecule has 136 valence electrons. The molecule has 1 aromatic carbocycles. The number of rotatable bonds is 4. The molecule has 0 aliphatic heterocycles. The van der Waals surface area contributed by atoms with E-state index in [-0.39, 0.29) is 48.1 Å². The van der Waals surface area contributed by atoms with Crippen molar-refractivity contribution in [2.75, 3.05) is 0 Å². The number of hydrogen-bond donors (Lipinski definition) is 2. The van der Waals surface area contributed by atoms with Gasteiger partial charge in [0.25, 0.3) is 5.91 Å². The molecule has 26 heavy (non-hydrogen) atoms. The summed E-state index contributed by atoms with van der Waals surface area (Å²) < 4.78 is 15.5. The molecule has 0 fully saturated rings. The maximum absolute atomic E-state index is 15.5. The summed E-state index contributed by atoms with van der Waals surface area (Å²) in [6.45, 7) is -0.409. The number of carbonyl (C=O) groups excluding carboxylic acids is 2. The summed E-state index contributed by atoms with van der Waals surface area (Å²) in [5, 5.41) is 12.6. The second-order valence-corrected chi connectivity index (χ2v) is 6.83. The van der Waals surface area contributed by atoms with Gasteiger partial charge in [-0.05, 0) is 29.3 Å². The molecule has 8 heteroatoms. The Hall–Kier alpha value is -2.02. The van der Waals surface area contributed by atoms with Gasteiger partial charge in [-0.1, -0.05) is 29.3 Å².